The molecular formula is C15H32N4O3. The van der Waals surface area contributed by atoms with Crippen LogP contribution in [0.4, 0.5) is 0 Å². The van der Waals surface area contributed by atoms with Gasteiger partial charge in [0.05, 0.1) is 25.4 Å². The number of ether oxygens (including phenoxy) is 2. The van der Waals surface area contributed by atoms with Gasteiger partial charge in [-0.1, -0.05) is 0 Å². The minimum absolute atomic E-state index is 0.0218. The predicted octanol–water partition coefficient (Wildman–Crippen LogP) is -1.42. The van der Waals surface area contributed by atoms with E-state index in [1.54, 1.807) is 0 Å². The molecular weight excluding hydrogens is 284 g/mol. The first-order chi connectivity index (χ1) is 10.6. The Hall–Kier alpha value is -0.280. The first-order valence-electron chi connectivity index (χ1n) is 8.41. The van der Waals surface area contributed by atoms with Gasteiger partial charge in [0.2, 0.25) is 0 Å². The van der Waals surface area contributed by atoms with Crippen molar-refractivity contribution in [1.29, 1.82) is 0 Å². The number of hydrogen-bond donors (Lipinski definition) is 4. The molecule has 2 aliphatic rings. The largest absolute Gasteiger partial charge is 0.389 e. The third kappa shape index (κ3) is 6.08. The summed E-state index contributed by atoms with van der Waals surface area (Å²) < 4.78 is 11.4. The highest BCUT2D eigenvalue weighted by atomic mass is 16.7. The van der Waals surface area contributed by atoms with Gasteiger partial charge in [-0.15, -0.1) is 0 Å². The summed E-state index contributed by atoms with van der Waals surface area (Å²) in [6.45, 7) is 12.1. The SMILES string of the molecule is CC1(C)OCC(O)C(N2CCNCCNCCNCC2)CO1. The molecule has 0 radical (unpaired) electrons. The Morgan fingerprint density at radius 3 is 1.95 bits per heavy atom. The summed E-state index contributed by atoms with van der Waals surface area (Å²) in [5, 5.41) is 20.7. The topological polar surface area (TPSA) is 78.0 Å². The summed E-state index contributed by atoms with van der Waals surface area (Å²) in [5.74, 6) is -0.621. The second-order valence-corrected chi connectivity index (χ2v) is 6.44. The van der Waals surface area contributed by atoms with E-state index in [2.05, 4.69) is 20.9 Å². The van der Waals surface area contributed by atoms with E-state index in [1.165, 1.54) is 0 Å². The van der Waals surface area contributed by atoms with E-state index in [1.807, 2.05) is 13.8 Å². The van der Waals surface area contributed by atoms with Crippen LogP contribution < -0.4 is 16.0 Å². The molecule has 2 saturated heterocycles. The molecule has 4 N–H and O–H groups in total. The summed E-state index contributed by atoms with van der Waals surface area (Å²) in [7, 11) is 0. The van der Waals surface area contributed by atoms with Crippen LogP contribution in [0.5, 0.6) is 0 Å². The van der Waals surface area contributed by atoms with E-state index < -0.39 is 11.9 Å². The average Bonchev–Trinajstić information content (AvgIpc) is 2.60. The number of aliphatic hydroxyl groups is 1. The fourth-order valence-corrected chi connectivity index (χ4v) is 2.80. The number of nitrogens with one attached hydrogen (secondary N) is 3. The summed E-state index contributed by atoms with van der Waals surface area (Å²) in [6, 6.07) is -0.0218. The van der Waals surface area contributed by atoms with Gasteiger partial charge >= 0.3 is 0 Å². The average molecular weight is 316 g/mol. The third-order valence-electron chi connectivity index (χ3n) is 4.23. The molecule has 2 atom stereocenters. The van der Waals surface area contributed by atoms with Crippen molar-refractivity contribution in [3.8, 4) is 0 Å². The van der Waals surface area contributed by atoms with Crippen LogP contribution in [0, 0.1) is 0 Å². The highest BCUT2D eigenvalue weighted by Gasteiger charge is 2.34. The van der Waals surface area contributed by atoms with Crippen molar-refractivity contribution >= 4 is 0 Å². The summed E-state index contributed by atoms with van der Waals surface area (Å²) in [5.41, 5.74) is 0. The molecule has 2 aliphatic heterocycles. The van der Waals surface area contributed by atoms with E-state index in [-0.39, 0.29) is 6.04 Å². The zero-order chi connectivity index (χ0) is 15.8. The zero-order valence-corrected chi connectivity index (χ0v) is 13.9. The van der Waals surface area contributed by atoms with E-state index >= 15 is 0 Å². The molecule has 0 saturated carbocycles. The minimum atomic E-state index is -0.621. The van der Waals surface area contributed by atoms with Crippen LogP contribution >= 0.6 is 0 Å². The molecule has 2 fully saturated rings. The Morgan fingerprint density at radius 1 is 0.864 bits per heavy atom. The highest BCUT2D eigenvalue weighted by Crippen LogP contribution is 2.20. The van der Waals surface area contributed by atoms with Crippen LogP contribution in [-0.2, 0) is 9.47 Å². The van der Waals surface area contributed by atoms with Crippen molar-refractivity contribution in [2.75, 3.05) is 65.6 Å². The molecule has 7 nitrogen and oxygen atoms in total. The van der Waals surface area contributed by atoms with Gasteiger partial charge < -0.3 is 30.5 Å². The second kappa shape index (κ2) is 9.12. The Morgan fingerprint density at radius 2 is 1.36 bits per heavy atom. The number of nitrogens with zero attached hydrogens (tertiary/aromatic N) is 1. The maximum atomic E-state index is 10.4. The van der Waals surface area contributed by atoms with Crippen LogP contribution in [0.1, 0.15) is 13.8 Å². The molecule has 7 heteroatoms. The predicted molar refractivity (Wildman–Crippen MR) is 86.0 cm³/mol. The van der Waals surface area contributed by atoms with Gasteiger partial charge in [-0.25, -0.2) is 0 Å². The molecule has 2 rings (SSSR count). The summed E-state index contributed by atoms with van der Waals surface area (Å²) in [4.78, 5) is 2.31. The van der Waals surface area contributed by atoms with Crippen LogP contribution in [0.25, 0.3) is 0 Å². The van der Waals surface area contributed by atoms with Gasteiger partial charge in [0.15, 0.2) is 5.79 Å². The zero-order valence-electron chi connectivity index (χ0n) is 13.9. The minimum Gasteiger partial charge on any atom is -0.389 e. The lowest BCUT2D eigenvalue weighted by molar-refractivity contribution is -0.204. The van der Waals surface area contributed by atoms with Crippen LogP contribution in [0.15, 0.2) is 0 Å². The molecule has 2 heterocycles. The Labute approximate surface area is 133 Å². The molecule has 22 heavy (non-hydrogen) atoms. The van der Waals surface area contributed by atoms with Crippen LogP contribution in [-0.4, -0.2) is 93.5 Å². The lowest BCUT2D eigenvalue weighted by Crippen LogP contribution is -2.52. The molecule has 0 aromatic rings. The maximum Gasteiger partial charge on any atom is 0.162 e. The smallest absolute Gasteiger partial charge is 0.162 e. The van der Waals surface area contributed by atoms with E-state index in [4.69, 9.17) is 9.47 Å². The standard InChI is InChI=1S/C15H32N4O3/c1-15(2)21-11-13(14(20)12-22-15)19-9-7-17-5-3-16-4-6-18-8-10-19/h13-14,16-18,20H,3-12H2,1-2H3. The number of aliphatic hydroxyl groups excluding tert-OH is 1. The van der Waals surface area contributed by atoms with Gasteiger partial charge in [0, 0.05) is 52.4 Å². The van der Waals surface area contributed by atoms with Crippen molar-refractivity contribution in [2.24, 2.45) is 0 Å². The molecule has 130 valence electrons. The van der Waals surface area contributed by atoms with Gasteiger partial charge in [0.1, 0.15) is 0 Å². The Kier molecular flexibility index (Phi) is 7.49. The maximum absolute atomic E-state index is 10.4. The lowest BCUT2D eigenvalue weighted by atomic mass is 10.1. The fraction of sp³-hybridized carbons (Fsp3) is 1.00. The molecule has 2 unspecified atom stereocenters. The van der Waals surface area contributed by atoms with Crippen LogP contribution in [0.3, 0.4) is 0 Å². The Balaban J connectivity index is 1.92. The second-order valence-electron chi connectivity index (χ2n) is 6.44. The first-order valence-corrected chi connectivity index (χ1v) is 8.41. The van der Waals surface area contributed by atoms with E-state index in [9.17, 15) is 5.11 Å². The molecule has 0 aromatic carbocycles. The van der Waals surface area contributed by atoms with Gasteiger partial charge in [-0.05, 0) is 13.8 Å². The van der Waals surface area contributed by atoms with E-state index in [0.717, 1.165) is 52.4 Å². The summed E-state index contributed by atoms with van der Waals surface area (Å²) in [6.07, 6.45) is -0.517. The summed E-state index contributed by atoms with van der Waals surface area (Å²) >= 11 is 0. The van der Waals surface area contributed by atoms with Crippen molar-refractivity contribution in [3.05, 3.63) is 0 Å². The van der Waals surface area contributed by atoms with Crippen molar-refractivity contribution < 1.29 is 14.6 Å². The van der Waals surface area contributed by atoms with Gasteiger partial charge in [0.25, 0.3) is 0 Å². The Bertz CT molecular complexity index is 305. The fourth-order valence-electron chi connectivity index (χ4n) is 2.80. The normalized spacial score (nSPS) is 33.4. The molecule has 0 spiro atoms. The van der Waals surface area contributed by atoms with E-state index in [0.29, 0.717) is 13.2 Å². The lowest BCUT2D eigenvalue weighted by Gasteiger charge is -2.33. The van der Waals surface area contributed by atoms with Crippen LogP contribution in [0.2, 0.25) is 0 Å². The van der Waals surface area contributed by atoms with Crippen molar-refractivity contribution in [2.45, 2.75) is 31.8 Å². The van der Waals surface area contributed by atoms with Crippen molar-refractivity contribution in [1.82, 2.24) is 20.9 Å². The molecule has 0 bridgehead atoms. The highest BCUT2D eigenvalue weighted by molar-refractivity contribution is 4.83. The quantitative estimate of drug-likeness (QED) is 0.473. The number of rotatable bonds is 1. The molecule has 0 aliphatic carbocycles. The first kappa shape index (κ1) is 18.1. The third-order valence-corrected chi connectivity index (χ3v) is 4.23. The van der Waals surface area contributed by atoms with Gasteiger partial charge in [-0.3, -0.25) is 4.90 Å². The van der Waals surface area contributed by atoms with Crippen molar-refractivity contribution in [3.63, 3.8) is 0 Å². The molecule has 0 amide bonds. The number of hydrogen-bond acceptors (Lipinski definition) is 7. The molecule has 0 aromatic heterocycles. The van der Waals surface area contributed by atoms with Gasteiger partial charge in [-0.2, -0.15) is 0 Å². The monoisotopic (exact) mass is 316 g/mol.